The van der Waals surface area contributed by atoms with Crippen LogP contribution in [0.4, 0.5) is 21.1 Å². The lowest BCUT2D eigenvalue weighted by Crippen LogP contribution is -2.44. The van der Waals surface area contributed by atoms with E-state index in [9.17, 15) is 9.59 Å². The summed E-state index contributed by atoms with van der Waals surface area (Å²) in [5, 5.41) is 0. The van der Waals surface area contributed by atoms with Gasteiger partial charge in [-0.2, -0.15) is 4.90 Å². The third-order valence-corrected chi connectivity index (χ3v) is 2.71. The summed E-state index contributed by atoms with van der Waals surface area (Å²) in [4.78, 5) is 30.1. The zero-order valence-corrected chi connectivity index (χ0v) is 15.5. The number of nitrogens with two attached hydrogens (primary N) is 1. The number of amides is 2. The first-order chi connectivity index (χ1) is 10.8. The zero-order valence-electron chi connectivity index (χ0n) is 15.5. The molecule has 24 heavy (non-hydrogen) atoms. The number of aromatic nitrogens is 1. The summed E-state index contributed by atoms with van der Waals surface area (Å²) in [6.07, 6.45) is 0.235. The quantitative estimate of drug-likeness (QED) is 0.879. The molecule has 0 aromatic carbocycles. The van der Waals surface area contributed by atoms with Gasteiger partial charge in [-0.25, -0.2) is 14.6 Å². The number of hydrogen-bond acceptors (Lipinski definition) is 6. The van der Waals surface area contributed by atoms with Gasteiger partial charge in [-0.3, -0.25) is 0 Å². The van der Waals surface area contributed by atoms with Gasteiger partial charge < -0.3 is 15.2 Å². The normalized spacial score (nSPS) is 11.8. The third kappa shape index (κ3) is 5.72. The third-order valence-electron chi connectivity index (χ3n) is 2.71. The highest BCUT2D eigenvalue weighted by atomic mass is 16.6. The summed E-state index contributed by atoms with van der Waals surface area (Å²) < 4.78 is 10.7. The van der Waals surface area contributed by atoms with Crippen LogP contribution in [0.15, 0.2) is 12.3 Å². The van der Waals surface area contributed by atoms with Crippen LogP contribution >= 0.6 is 0 Å². The fraction of sp³-hybridized carbons (Fsp3) is 0.588. The average Bonchev–Trinajstić information content (AvgIpc) is 2.36. The Balaban J connectivity index is 3.33. The van der Waals surface area contributed by atoms with E-state index in [2.05, 4.69) is 4.98 Å². The maximum Gasteiger partial charge on any atom is 0.425 e. The van der Waals surface area contributed by atoms with Crippen molar-refractivity contribution in [2.75, 3.05) is 10.6 Å². The van der Waals surface area contributed by atoms with Crippen molar-refractivity contribution in [2.24, 2.45) is 0 Å². The summed E-state index contributed by atoms with van der Waals surface area (Å²) in [5.74, 6) is 0.162. The van der Waals surface area contributed by atoms with E-state index in [-0.39, 0.29) is 5.82 Å². The van der Waals surface area contributed by atoms with E-state index in [1.807, 2.05) is 6.92 Å². The molecule has 7 nitrogen and oxygen atoms in total. The molecule has 1 aromatic rings. The number of nitrogens with zero attached hydrogens (tertiary/aromatic N) is 2. The molecule has 0 saturated carbocycles. The molecule has 2 N–H and O–H groups in total. The molecule has 0 atom stereocenters. The monoisotopic (exact) mass is 337 g/mol. The average molecular weight is 337 g/mol. The maximum atomic E-state index is 12.6. The first-order valence-corrected chi connectivity index (χ1v) is 7.84. The number of rotatable bonds is 2. The predicted molar refractivity (Wildman–Crippen MR) is 93.0 cm³/mol. The lowest BCUT2D eigenvalue weighted by molar-refractivity contribution is 0.0428. The molecule has 0 saturated heterocycles. The van der Waals surface area contributed by atoms with Crippen LogP contribution < -0.4 is 10.6 Å². The van der Waals surface area contributed by atoms with Crippen molar-refractivity contribution >= 4 is 23.7 Å². The lowest BCUT2D eigenvalue weighted by Gasteiger charge is -2.28. The molecule has 0 aliphatic rings. The minimum absolute atomic E-state index is 0.162. The van der Waals surface area contributed by atoms with Gasteiger partial charge in [0.15, 0.2) is 5.82 Å². The minimum atomic E-state index is -0.844. The molecule has 1 rings (SSSR count). The van der Waals surface area contributed by atoms with Gasteiger partial charge in [0.25, 0.3) is 0 Å². The van der Waals surface area contributed by atoms with Gasteiger partial charge in [0.05, 0.1) is 11.9 Å². The Kier molecular flexibility index (Phi) is 5.81. The summed E-state index contributed by atoms with van der Waals surface area (Å²) in [5.41, 5.74) is 5.31. The molecule has 0 bridgehead atoms. The Labute approximate surface area is 143 Å². The summed E-state index contributed by atoms with van der Waals surface area (Å²) >= 11 is 0. The van der Waals surface area contributed by atoms with Gasteiger partial charge in [0, 0.05) is 0 Å². The molecule has 1 aromatic heterocycles. The highest BCUT2D eigenvalue weighted by Crippen LogP contribution is 2.25. The number of hydrogen-bond donors (Lipinski definition) is 1. The van der Waals surface area contributed by atoms with Crippen molar-refractivity contribution in [3.63, 3.8) is 0 Å². The molecule has 7 heteroatoms. The maximum absolute atomic E-state index is 12.6. The molecular weight excluding hydrogens is 310 g/mol. The fourth-order valence-corrected chi connectivity index (χ4v) is 1.85. The summed E-state index contributed by atoms with van der Waals surface area (Å²) in [6, 6.07) is 1.67. The molecular formula is C17H27N3O4. The second kappa shape index (κ2) is 7.07. The number of pyridine rings is 1. The van der Waals surface area contributed by atoms with E-state index < -0.39 is 23.4 Å². The summed E-state index contributed by atoms with van der Waals surface area (Å²) in [7, 11) is 0. The minimum Gasteiger partial charge on any atom is -0.443 e. The van der Waals surface area contributed by atoms with E-state index >= 15 is 0 Å². The number of ether oxygens (including phenoxy) is 2. The second-order valence-corrected chi connectivity index (χ2v) is 7.40. The highest BCUT2D eigenvalue weighted by molar-refractivity contribution is 6.09. The molecule has 0 spiro atoms. The van der Waals surface area contributed by atoms with E-state index in [4.69, 9.17) is 15.2 Å². The Hall–Kier alpha value is -2.31. The van der Waals surface area contributed by atoms with Crippen LogP contribution in [0.5, 0.6) is 0 Å². The van der Waals surface area contributed by atoms with Crippen molar-refractivity contribution in [1.82, 2.24) is 4.98 Å². The predicted octanol–water partition coefficient (Wildman–Crippen LogP) is 3.90. The van der Waals surface area contributed by atoms with Crippen LogP contribution in [0.1, 0.15) is 54.0 Å². The number of imide groups is 1. The van der Waals surface area contributed by atoms with Crippen molar-refractivity contribution in [2.45, 2.75) is 66.1 Å². The van der Waals surface area contributed by atoms with E-state index in [1.165, 1.54) is 6.20 Å². The van der Waals surface area contributed by atoms with Crippen LogP contribution in [0.25, 0.3) is 0 Å². The number of nitrogen functional groups attached to an aromatic ring is 1. The van der Waals surface area contributed by atoms with Crippen LogP contribution in [0, 0.1) is 0 Å². The number of aryl methyl sites for hydroxylation is 1. The second-order valence-electron chi connectivity index (χ2n) is 7.40. The first-order valence-electron chi connectivity index (χ1n) is 7.84. The van der Waals surface area contributed by atoms with E-state index in [1.54, 1.807) is 47.6 Å². The Morgan fingerprint density at radius 3 is 1.92 bits per heavy atom. The van der Waals surface area contributed by atoms with Crippen molar-refractivity contribution in [3.8, 4) is 0 Å². The highest BCUT2D eigenvalue weighted by Gasteiger charge is 2.34. The van der Waals surface area contributed by atoms with Crippen LogP contribution in [-0.4, -0.2) is 28.4 Å². The number of carbonyl (C=O) groups is 2. The smallest absolute Gasteiger partial charge is 0.425 e. The molecule has 0 aliphatic carbocycles. The van der Waals surface area contributed by atoms with E-state index in [0.717, 1.165) is 4.90 Å². The Morgan fingerprint density at radius 1 is 1.08 bits per heavy atom. The fourth-order valence-electron chi connectivity index (χ4n) is 1.85. The Bertz CT molecular complexity index is 587. The van der Waals surface area contributed by atoms with Crippen LogP contribution in [0.2, 0.25) is 0 Å². The molecule has 0 aliphatic heterocycles. The largest absolute Gasteiger partial charge is 0.443 e. The van der Waals surface area contributed by atoms with Gasteiger partial charge in [-0.1, -0.05) is 6.92 Å². The lowest BCUT2D eigenvalue weighted by atomic mass is 10.2. The number of anilines is 2. The van der Waals surface area contributed by atoms with Crippen molar-refractivity contribution in [3.05, 3.63) is 17.8 Å². The molecule has 0 unspecified atom stereocenters. The molecule has 1 heterocycles. The van der Waals surface area contributed by atoms with E-state index in [0.29, 0.717) is 17.7 Å². The van der Waals surface area contributed by atoms with Gasteiger partial charge in [-0.15, -0.1) is 0 Å². The summed E-state index contributed by atoms with van der Waals surface area (Å²) in [6.45, 7) is 12.2. The van der Waals surface area contributed by atoms with Crippen molar-refractivity contribution in [1.29, 1.82) is 0 Å². The first kappa shape index (κ1) is 19.7. The SMILES string of the molecule is CCc1cc(N)cnc1N(C(=O)OC(C)(C)C)C(=O)OC(C)(C)C. The Morgan fingerprint density at radius 2 is 1.54 bits per heavy atom. The zero-order chi connectivity index (χ0) is 18.7. The van der Waals surface area contributed by atoms with Gasteiger partial charge in [0.1, 0.15) is 11.2 Å². The molecule has 2 amide bonds. The standard InChI is InChI=1S/C17H27N3O4/c1-8-11-9-12(18)10-19-13(11)20(14(21)23-16(2,3)4)15(22)24-17(5,6)7/h9-10H,8,18H2,1-7H3. The van der Waals surface area contributed by atoms with Gasteiger partial charge in [0.2, 0.25) is 0 Å². The van der Waals surface area contributed by atoms with Crippen LogP contribution in [0.3, 0.4) is 0 Å². The van der Waals surface area contributed by atoms with Crippen molar-refractivity contribution < 1.29 is 19.1 Å². The molecule has 0 fully saturated rings. The van der Waals surface area contributed by atoms with Crippen LogP contribution in [-0.2, 0) is 15.9 Å². The molecule has 0 radical (unpaired) electrons. The van der Waals surface area contributed by atoms with Gasteiger partial charge >= 0.3 is 12.2 Å². The topological polar surface area (TPSA) is 94.8 Å². The molecule has 134 valence electrons. The number of carbonyl (C=O) groups excluding carboxylic acids is 2. The van der Waals surface area contributed by atoms with Gasteiger partial charge in [-0.05, 0) is 59.6 Å².